The van der Waals surface area contributed by atoms with Gasteiger partial charge in [-0.25, -0.2) is 4.79 Å². The number of anilines is 1. The van der Waals surface area contributed by atoms with Gasteiger partial charge in [0.1, 0.15) is 5.75 Å². The molecule has 0 aliphatic carbocycles. The third kappa shape index (κ3) is 4.85. The van der Waals surface area contributed by atoms with Crippen molar-refractivity contribution in [2.45, 2.75) is 40.7 Å². The van der Waals surface area contributed by atoms with E-state index in [0.29, 0.717) is 23.6 Å². The predicted molar refractivity (Wildman–Crippen MR) is 102 cm³/mol. The summed E-state index contributed by atoms with van der Waals surface area (Å²) < 4.78 is 10.7. The molecule has 5 nitrogen and oxygen atoms in total. The van der Waals surface area contributed by atoms with Gasteiger partial charge < -0.3 is 14.8 Å². The summed E-state index contributed by atoms with van der Waals surface area (Å²) in [6.07, 6.45) is -0.678. The van der Waals surface area contributed by atoms with Gasteiger partial charge in [-0.05, 0) is 75.6 Å². The number of ether oxygens (including phenoxy) is 2. The molecule has 0 saturated carbocycles. The lowest BCUT2D eigenvalue weighted by Gasteiger charge is -2.17. The molecule has 138 valence electrons. The fourth-order valence-electron chi connectivity index (χ4n) is 2.38. The van der Waals surface area contributed by atoms with Gasteiger partial charge in [0.05, 0.1) is 12.2 Å². The first-order chi connectivity index (χ1) is 12.3. The average molecular weight is 355 g/mol. The van der Waals surface area contributed by atoms with Crippen molar-refractivity contribution in [2.75, 3.05) is 11.9 Å². The first kappa shape index (κ1) is 19.5. The van der Waals surface area contributed by atoms with Crippen LogP contribution in [0.15, 0.2) is 36.4 Å². The maximum atomic E-state index is 12.5. The summed E-state index contributed by atoms with van der Waals surface area (Å²) in [4.78, 5) is 24.3. The Hall–Kier alpha value is -2.82. The van der Waals surface area contributed by atoms with Crippen molar-refractivity contribution in [3.8, 4) is 5.75 Å². The number of carbonyl (C=O) groups excluding carboxylic acids is 2. The molecule has 0 aromatic heterocycles. The highest BCUT2D eigenvalue weighted by molar-refractivity contribution is 5.97. The zero-order valence-corrected chi connectivity index (χ0v) is 15.9. The van der Waals surface area contributed by atoms with Crippen LogP contribution >= 0.6 is 0 Å². The zero-order valence-electron chi connectivity index (χ0n) is 15.9. The van der Waals surface area contributed by atoms with Crippen LogP contribution in [0.1, 0.15) is 40.9 Å². The lowest BCUT2D eigenvalue weighted by atomic mass is 10.1. The van der Waals surface area contributed by atoms with E-state index in [4.69, 9.17) is 9.47 Å². The summed E-state index contributed by atoms with van der Waals surface area (Å²) >= 11 is 0. The molecule has 0 radical (unpaired) electrons. The quantitative estimate of drug-likeness (QED) is 0.789. The molecule has 26 heavy (non-hydrogen) atoms. The number of hydrogen-bond acceptors (Lipinski definition) is 4. The number of amides is 1. The predicted octanol–water partition coefficient (Wildman–Crippen LogP) is 4.19. The van der Waals surface area contributed by atoms with Crippen molar-refractivity contribution < 1.29 is 19.1 Å². The van der Waals surface area contributed by atoms with E-state index in [1.807, 2.05) is 39.0 Å². The van der Waals surface area contributed by atoms with E-state index in [9.17, 15) is 9.59 Å². The van der Waals surface area contributed by atoms with Gasteiger partial charge in [0.2, 0.25) is 0 Å². The fourth-order valence-corrected chi connectivity index (χ4v) is 2.38. The minimum atomic E-state index is -0.678. The van der Waals surface area contributed by atoms with Crippen LogP contribution in [0.5, 0.6) is 5.75 Å². The minimum absolute atomic E-state index is 0.285. The second-order valence-corrected chi connectivity index (χ2v) is 6.25. The second kappa shape index (κ2) is 8.52. The SMILES string of the molecule is CCOC(=O)c1ccc(C)c(NC(=O)[C@H](C)Oc2ccc(C)c(C)c2)c1. The standard InChI is InChI=1S/C21H25NO4/c1-6-25-21(24)17-9-7-14(3)19(12-17)22-20(23)16(5)26-18-10-8-13(2)15(4)11-18/h7-12,16H,6H2,1-5H3,(H,22,23)/t16-/m0/s1. The molecule has 2 rings (SSSR count). The van der Waals surface area contributed by atoms with Crippen LogP contribution in [0, 0.1) is 20.8 Å². The molecule has 0 fully saturated rings. The van der Waals surface area contributed by atoms with Gasteiger partial charge in [-0.2, -0.15) is 0 Å². The highest BCUT2D eigenvalue weighted by atomic mass is 16.5. The van der Waals surface area contributed by atoms with E-state index in [-0.39, 0.29) is 5.91 Å². The molecule has 2 aromatic carbocycles. The van der Waals surface area contributed by atoms with Gasteiger partial charge in [-0.1, -0.05) is 12.1 Å². The molecule has 0 aliphatic heterocycles. The average Bonchev–Trinajstić information content (AvgIpc) is 2.60. The minimum Gasteiger partial charge on any atom is -0.481 e. The summed E-state index contributed by atoms with van der Waals surface area (Å²) in [7, 11) is 0. The molecule has 0 unspecified atom stereocenters. The Kier molecular flexibility index (Phi) is 6.39. The molecule has 0 heterocycles. The van der Waals surface area contributed by atoms with Crippen molar-refractivity contribution in [1.29, 1.82) is 0 Å². The molecule has 2 aromatic rings. The van der Waals surface area contributed by atoms with E-state index < -0.39 is 12.1 Å². The Labute approximate surface area is 154 Å². The first-order valence-corrected chi connectivity index (χ1v) is 8.64. The molecule has 1 atom stereocenters. The van der Waals surface area contributed by atoms with Crippen molar-refractivity contribution in [1.82, 2.24) is 0 Å². The first-order valence-electron chi connectivity index (χ1n) is 8.64. The van der Waals surface area contributed by atoms with Crippen molar-refractivity contribution in [3.05, 3.63) is 58.7 Å². The molecule has 0 bridgehead atoms. The van der Waals surface area contributed by atoms with Crippen LogP contribution in [-0.2, 0) is 9.53 Å². The van der Waals surface area contributed by atoms with E-state index in [0.717, 1.165) is 11.1 Å². The number of hydrogen-bond donors (Lipinski definition) is 1. The third-order valence-corrected chi connectivity index (χ3v) is 4.17. The van der Waals surface area contributed by atoms with Crippen LogP contribution in [0.3, 0.4) is 0 Å². The number of nitrogens with one attached hydrogen (secondary N) is 1. The molecular weight excluding hydrogens is 330 g/mol. The lowest BCUT2D eigenvalue weighted by molar-refractivity contribution is -0.122. The smallest absolute Gasteiger partial charge is 0.338 e. The molecule has 0 spiro atoms. The summed E-state index contributed by atoms with van der Waals surface area (Å²) in [5.74, 6) is -0.0532. The Morgan fingerprint density at radius 2 is 1.69 bits per heavy atom. The molecular formula is C21H25NO4. The summed E-state index contributed by atoms with van der Waals surface area (Å²) in [5.41, 5.74) is 4.09. The van der Waals surface area contributed by atoms with Crippen LogP contribution < -0.4 is 10.1 Å². The number of esters is 1. The highest BCUT2D eigenvalue weighted by Crippen LogP contribution is 2.20. The third-order valence-electron chi connectivity index (χ3n) is 4.17. The van der Waals surface area contributed by atoms with Crippen molar-refractivity contribution in [2.24, 2.45) is 0 Å². The number of rotatable bonds is 6. The zero-order chi connectivity index (χ0) is 19.3. The topological polar surface area (TPSA) is 64.6 Å². The molecule has 0 saturated heterocycles. The van der Waals surface area contributed by atoms with Gasteiger partial charge in [-0.15, -0.1) is 0 Å². The molecule has 1 amide bonds. The highest BCUT2D eigenvalue weighted by Gasteiger charge is 2.17. The van der Waals surface area contributed by atoms with Gasteiger partial charge in [0, 0.05) is 5.69 Å². The van der Waals surface area contributed by atoms with E-state index in [2.05, 4.69) is 5.32 Å². The Bertz CT molecular complexity index is 814. The lowest BCUT2D eigenvalue weighted by Crippen LogP contribution is -2.30. The normalized spacial score (nSPS) is 11.6. The molecule has 5 heteroatoms. The molecule has 0 aliphatic rings. The van der Waals surface area contributed by atoms with Crippen LogP contribution in [0.4, 0.5) is 5.69 Å². The maximum absolute atomic E-state index is 12.5. The summed E-state index contributed by atoms with van der Waals surface area (Å²) in [5, 5.41) is 2.82. The largest absolute Gasteiger partial charge is 0.481 e. The van der Waals surface area contributed by atoms with Crippen LogP contribution in [0.2, 0.25) is 0 Å². The van der Waals surface area contributed by atoms with Crippen molar-refractivity contribution in [3.63, 3.8) is 0 Å². The summed E-state index contributed by atoms with van der Waals surface area (Å²) in [6, 6.07) is 10.8. The Morgan fingerprint density at radius 1 is 1.00 bits per heavy atom. The summed E-state index contributed by atoms with van der Waals surface area (Å²) in [6.45, 7) is 9.62. The maximum Gasteiger partial charge on any atom is 0.338 e. The second-order valence-electron chi connectivity index (χ2n) is 6.25. The van der Waals surface area contributed by atoms with Gasteiger partial charge in [-0.3, -0.25) is 4.79 Å². The fraction of sp³-hybridized carbons (Fsp3) is 0.333. The number of carbonyl (C=O) groups is 2. The van der Waals surface area contributed by atoms with E-state index >= 15 is 0 Å². The van der Waals surface area contributed by atoms with E-state index in [1.54, 1.807) is 32.0 Å². The Balaban J connectivity index is 2.09. The number of benzene rings is 2. The monoisotopic (exact) mass is 355 g/mol. The van der Waals surface area contributed by atoms with E-state index in [1.165, 1.54) is 5.56 Å². The Morgan fingerprint density at radius 3 is 2.35 bits per heavy atom. The van der Waals surface area contributed by atoms with Gasteiger partial charge in [0.25, 0.3) is 5.91 Å². The van der Waals surface area contributed by atoms with Crippen LogP contribution in [0.25, 0.3) is 0 Å². The van der Waals surface area contributed by atoms with Crippen molar-refractivity contribution >= 4 is 17.6 Å². The number of aryl methyl sites for hydroxylation is 3. The van der Waals surface area contributed by atoms with Gasteiger partial charge in [0.15, 0.2) is 6.10 Å². The van der Waals surface area contributed by atoms with Crippen LogP contribution in [-0.4, -0.2) is 24.6 Å². The molecule has 1 N–H and O–H groups in total. The van der Waals surface area contributed by atoms with Gasteiger partial charge >= 0.3 is 5.97 Å².